The zero-order chi connectivity index (χ0) is 15.0. The lowest BCUT2D eigenvalue weighted by atomic mass is 9.48. The van der Waals surface area contributed by atoms with E-state index in [-0.39, 0.29) is 0 Å². The van der Waals surface area contributed by atoms with Gasteiger partial charge >= 0.3 is 0 Å². The highest BCUT2D eigenvalue weighted by Crippen LogP contribution is 2.61. The van der Waals surface area contributed by atoms with Crippen molar-refractivity contribution in [1.29, 1.82) is 0 Å². The maximum atomic E-state index is 12.5. The SMILES string of the molecule is CCC(C)CS(=O)CC(NC)C12CC3CC(CC(C3)C1)C2. The number of hydrogen-bond donors (Lipinski definition) is 1. The lowest BCUT2D eigenvalue weighted by Gasteiger charge is -2.59. The second-order valence-electron chi connectivity index (χ2n) is 8.41. The van der Waals surface area contributed by atoms with Gasteiger partial charge < -0.3 is 5.32 Å². The summed E-state index contributed by atoms with van der Waals surface area (Å²) in [6, 6.07) is 0.482. The van der Waals surface area contributed by atoms with Crippen LogP contribution in [-0.4, -0.2) is 28.8 Å². The van der Waals surface area contributed by atoms with E-state index < -0.39 is 10.8 Å². The summed E-state index contributed by atoms with van der Waals surface area (Å²) >= 11 is 0. The molecule has 4 aliphatic carbocycles. The molecule has 3 heteroatoms. The molecular formula is C18H33NOS. The number of rotatable bonds is 7. The van der Waals surface area contributed by atoms with Crippen molar-refractivity contribution in [2.24, 2.45) is 29.1 Å². The summed E-state index contributed by atoms with van der Waals surface area (Å²) in [5.41, 5.74) is 0.481. The minimum atomic E-state index is -0.655. The summed E-state index contributed by atoms with van der Waals surface area (Å²) in [7, 11) is 1.45. The molecule has 122 valence electrons. The predicted molar refractivity (Wildman–Crippen MR) is 90.8 cm³/mol. The molecule has 0 radical (unpaired) electrons. The van der Waals surface area contributed by atoms with Crippen LogP contribution in [0.1, 0.15) is 58.8 Å². The number of nitrogens with one attached hydrogen (secondary N) is 1. The highest BCUT2D eigenvalue weighted by molar-refractivity contribution is 7.85. The summed E-state index contributed by atoms with van der Waals surface area (Å²) < 4.78 is 12.5. The van der Waals surface area contributed by atoms with Crippen LogP contribution in [0.2, 0.25) is 0 Å². The van der Waals surface area contributed by atoms with Crippen LogP contribution in [0, 0.1) is 29.1 Å². The molecule has 0 saturated heterocycles. The first-order valence-corrected chi connectivity index (χ1v) is 10.6. The van der Waals surface area contributed by atoms with Gasteiger partial charge in [-0.2, -0.15) is 0 Å². The standard InChI is InChI=1S/C18H33NOS/c1-4-13(2)11-21(20)12-17(19-3)18-8-14-5-15(9-18)7-16(6-14)10-18/h13-17,19H,4-12H2,1-3H3. The van der Waals surface area contributed by atoms with E-state index in [0.29, 0.717) is 17.4 Å². The molecule has 4 saturated carbocycles. The second-order valence-corrected chi connectivity index (χ2v) is 9.95. The third-order valence-corrected chi connectivity index (χ3v) is 8.34. The molecule has 3 unspecified atom stereocenters. The molecule has 4 bridgehead atoms. The van der Waals surface area contributed by atoms with E-state index in [1.54, 1.807) is 0 Å². The Bertz CT molecular complexity index is 359. The van der Waals surface area contributed by atoms with Gasteiger partial charge in [0.1, 0.15) is 0 Å². The molecule has 0 aliphatic heterocycles. The van der Waals surface area contributed by atoms with Crippen LogP contribution < -0.4 is 5.32 Å². The Morgan fingerprint density at radius 3 is 2.05 bits per heavy atom. The van der Waals surface area contributed by atoms with Crippen LogP contribution >= 0.6 is 0 Å². The van der Waals surface area contributed by atoms with E-state index in [4.69, 9.17) is 0 Å². The van der Waals surface area contributed by atoms with Crippen molar-refractivity contribution >= 4 is 10.8 Å². The van der Waals surface area contributed by atoms with Crippen molar-refractivity contribution in [3.63, 3.8) is 0 Å². The summed E-state index contributed by atoms with van der Waals surface area (Å²) in [4.78, 5) is 0. The van der Waals surface area contributed by atoms with Crippen molar-refractivity contribution in [3.8, 4) is 0 Å². The van der Waals surface area contributed by atoms with Crippen molar-refractivity contribution in [3.05, 3.63) is 0 Å². The van der Waals surface area contributed by atoms with Gasteiger partial charge in [0.05, 0.1) is 0 Å². The molecule has 0 aromatic carbocycles. The van der Waals surface area contributed by atoms with E-state index in [1.165, 1.54) is 38.5 Å². The third-order valence-electron chi connectivity index (χ3n) is 6.69. The highest BCUT2D eigenvalue weighted by Gasteiger charge is 2.53. The topological polar surface area (TPSA) is 29.1 Å². The summed E-state index contributed by atoms with van der Waals surface area (Å²) in [6.45, 7) is 4.44. The van der Waals surface area contributed by atoms with Crippen molar-refractivity contribution in [2.75, 3.05) is 18.6 Å². The van der Waals surface area contributed by atoms with E-state index in [9.17, 15) is 4.21 Å². The van der Waals surface area contributed by atoms with E-state index in [1.807, 2.05) is 0 Å². The molecule has 0 aromatic rings. The van der Waals surface area contributed by atoms with Gasteiger partial charge in [0, 0.05) is 28.3 Å². The Balaban J connectivity index is 1.67. The molecule has 4 rings (SSSR count). The van der Waals surface area contributed by atoms with Crippen molar-refractivity contribution in [1.82, 2.24) is 5.32 Å². The first kappa shape index (κ1) is 16.0. The average molecular weight is 312 g/mol. The minimum absolute atomic E-state index is 0.481. The fourth-order valence-electron chi connectivity index (χ4n) is 5.86. The van der Waals surface area contributed by atoms with Crippen LogP contribution in [0.5, 0.6) is 0 Å². The van der Waals surface area contributed by atoms with E-state index >= 15 is 0 Å². The predicted octanol–water partition coefficient (Wildman–Crippen LogP) is 3.59. The highest BCUT2D eigenvalue weighted by atomic mass is 32.2. The van der Waals surface area contributed by atoms with Crippen LogP contribution in [0.25, 0.3) is 0 Å². The Labute approximate surface area is 133 Å². The Hall–Kier alpha value is 0.110. The first-order valence-electron chi connectivity index (χ1n) is 9.07. The van der Waals surface area contributed by atoms with Gasteiger partial charge in [0.25, 0.3) is 0 Å². The van der Waals surface area contributed by atoms with E-state index in [0.717, 1.165) is 35.7 Å². The molecule has 3 atom stereocenters. The zero-order valence-electron chi connectivity index (χ0n) is 14.1. The van der Waals surface area contributed by atoms with Crippen molar-refractivity contribution in [2.45, 2.75) is 64.8 Å². The largest absolute Gasteiger partial charge is 0.316 e. The fourth-order valence-corrected chi connectivity index (χ4v) is 7.76. The third kappa shape index (κ3) is 3.24. The molecule has 4 fully saturated rings. The van der Waals surface area contributed by atoms with Crippen LogP contribution in [0.4, 0.5) is 0 Å². The second kappa shape index (κ2) is 6.31. The van der Waals surface area contributed by atoms with Crippen molar-refractivity contribution < 1.29 is 4.21 Å². The van der Waals surface area contributed by atoms with Gasteiger partial charge in [-0.3, -0.25) is 4.21 Å². The monoisotopic (exact) mass is 311 g/mol. The average Bonchev–Trinajstić information content (AvgIpc) is 2.42. The molecule has 1 N–H and O–H groups in total. The normalized spacial score (nSPS) is 42.0. The first-order chi connectivity index (χ1) is 10.0. The zero-order valence-corrected chi connectivity index (χ0v) is 14.9. The van der Waals surface area contributed by atoms with Gasteiger partial charge in [-0.25, -0.2) is 0 Å². The Kier molecular flexibility index (Phi) is 4.80. The lowest BCUT2D eigenvalue weighted by Crippen LogP contribution is -2.57. The Morgan fingerprint density at radius 2 is 1.62 bits per heavy atom. The van der Waals surface area contributed by atoms with Gasteiger partial charge in [-0.1, -0.05) is 20.3 Å². The molecule has 0 spiro atoms. The fraction of sp³-hybridized carbons (Fsp3) is 1.00. The molecule has 0 aromatic heterocycles. The van der Waals surface area contributed by atoms with Crippen LogP contribution in [0.3, 0.4) is 0 Å². The summed E-state index contributed by atoms with van der Waals surface area (Å²) in [5.74, 6) is 5.31. The molecule has 0 amide bonds. The quantitative estimate of drug-likeness (QED) is 0.778. The molecule has 2 nitrogen and oxygen atoms in total. The minimum Gasteiger partial charge on any atom is -0.316 e. The lowest BCUT2D eigenvalue weighted by molar-refractivity contribution is -0.0683. The summed E-state index contributed by atoms with van der Waals surface area (Å²) in [6.07, 6.45) is 9.84. The molecule has 0 heterocycles. The molecule has 4 aliphatic rings. The van der Waals surface area contributed by atoms with Gasteiger partial charge in [0.2, 0.25) is 0 Å². The smallest absolute Gasteiger partial charge is 0.0394 e. The maximum Gasteiger partial charge on any atom is 0.0394 e. The maximum absolute atomic E-state index is 12.5. The van der Waals surface area contributed by atoms with Gasteiger partial charge in [-0.15, -0.1) is 0 Å². The van der Waals surface area contributed by atoms with E-state index in [2.05, 4.69) is 26.2 Å². The molecular weight excluding hydrogens is 278 g/mol. The van der Waals surface area contributed by atoms with Crippen LogP contribution in [0.15, 0.2) is 0 Å². The summed E-state index contributed by atoms with van der Waals surface area (Å²) in [5, 5.41) is 3.59. The van der Waals surface area contributed by atoms with Gasteiger partial charge in [0.15, 0.2) is 0 Å². The van der Waals surface area contributed by atoms with Gasteiger partial charge in [-0.05, 0) is 74.7 Å². The molecule has 21 heavy (non-hydrogen) atoms. The number of hydrogen-bond acceptors (Lipinski definition) is 2. The Morgan fingerprint density at radius 1 is 1.10 bits per heavy atom. The van der Waals surface area contributed by atoms with Crippen LogP contribution in [-0.2, 0) is 10.8 Å².